The van der Waals surface area contributed by atoms with E-state index >= 15 is 0 Å². The van der Waals surface area contributed by atoms with E-state index in [1.807, 2.05) is 0 Å². The molecule has 1 N–H and O–H groups in total. The molecule has 0 amide bonds. The summed E-state index contributed by atoms with van der Waals surface area (Å²) in [4.78, 5) is 24.6. The van der Waals surface area contributed by atoms with Gasteiger partial charge in [0.15, 0.2) is 0 Å². The largest absolute Gasteiger partial charge is 0.328 e. The molecule has 0 aliphatic heterocycles. The van der Waals surface area contributed by atoms with Crippen molar-refractivity contribution >= 4 is 0 Å². The van der Waals surface area contributed by atoms with Crippen LogP contribution < -0.4 is 11.2 Å². The number of unbranched alkanes of at least 4 members (excludes halogenated alkanes) is 2. The molecule has 1 aromatic heterocycles. The molecule has 0 aliphatic rings. The van der Waals surface area contributed by atoms with Crippen LogP contribution in [0.15, 0.2) is 33.5 Å². The Morgan fingerprint density at radius 2 is 2.17 bits per heavy atom. The zero-order valence-corrected chi connectivity index (χ0v) is 11.2. The average Bonchev–Trinajstić information content (AvgIpc) is 2.32. The van der Waals surface area contributed by atoms with Crippen LogP contribution in [-0.2, 0) is 6.54 Å². The fourth-order valence-electron chi connectivity index (χ4n) is 1.80. The van der Waals surface area contributed by atoms with E-state index in [1.165, 1.54) is 24.5 Å². The quantitative estimate of drug-likeness (QED) is 0.597. The fourth-order valence-corrected chi connectivity index (χ4v) is 1.80. The van der Waals surface area contributed by atoms with Crippen molar-refractivity contribution in [2.24, 2.45) is 0 Å². The molecule has 1 rings (SSSR count). The van der Waals surface area contributed by atoms with E-state index < -0.39 is 0 Å². The molecule has 0 saturated carbocycles. The lowest BCUT2D eigenvalue weighted by molar-refractivity contribution is 0.602. The smallest absolute Gasteiger partial charge is 0.301 e. The van der Waals surface area contributed by atoms with E-state index in [4.69, 9.17) is 0 Å². The molecule has 0 spiro atoms. The van der Waals surface area contributed by atoms with Crippen LogP contribution in [-0.4, -0.2) is 9.55 Å². The second-order valence-corrected chi connectivity index (χ2v) is 4.60. The van der Waals surface area contributed by atoms with Gasteiger partial charge in [0.25, 0.3) is 5.56 Å². The minimum absolute atomic E-state index is 0.324. The maximum Gasteiger partial charge on any atom is 0.328 e. The topological polar surface area (TPSA) is 54.9 Å². The fraction of sp³-hybridized carbons (Fsp3) is 0.571. The number of aromatic amines is 1. The van der Waals surface area contributed by atoms with Crippen molar-refractivity contribution in [1.29, 1.82) is 0 Å². The molecule has 0 radical (unpaired) electrons. The third-order valence-electron chi connectivity index (χ3n) is 2.92. The van der Waals surface area contributed by atoms with Gasteiger partial charge in [-0.2, -0.15) is 0 Å². The molecule has 0 unspecified atom stereocenters. The van der Waals surface area contributed by atoms with Crippen LogP contribution in [0.3, 0.4) is 0 Å². The van der Waals surface area contributed by atoms with Gasteiger partial charge in [-0.15, -0.1) is 0 Å². The highest BCUT2D eigenvalue weighted by Gasteiger charge is 1.97. The summed E-state index contributed by atoms with van der Waals surface area (Å²) in [5.41, 5.74) is 0.711. The molecule has 4 nitrogen and oxygen atoms in total. The normalized spacial score (nSPS) is 11.8. The molecule has 0 bridgehead atoms. The Hall–Kier alpha value is -1.58. The number of hydrogen-bond acceptors (Lipinski definition) is 2. The van der Waals surface area contributed by atoms with Crippen LogP contribution in [0, 0.1) is 0 Å². The highest BCUT2D eigenvalue weighted by atomic mass is 16.2. The van der Waals surface area contributed by atoms with Crippen LogP contribution in [0.2, 0.25) is 0 Å². The maximum atomic E-state index is 11.4. The third-order valence-corrected chi connectivity index (χ3v) is 2.92. The number of nitrogens with zero attached hydrogens (tertiary/aromatic N) is 1. The van der Waals surface area contributed by atoms with Crippen molar-refractivity contribution in [2.45, 2.75) is 52.5 Å². The van der Waals surface area contributed by atoms with Crippen molar-refractivity contribution in [3.05, 3.63) is 44.8 Å². The molecule has 0 atom stereocenters. The van der Waals surface area contributed by atoms with E-state index in [-0.39, 0.29) is 11.2 Å². The van der Waals surface area contributed by atoms with Gasteiger partial charge in [-0.05, 0) is 26.2 Å². The summed E-state index contributed by atoms with van der Waals surface area (Å²) in [5, 5.41) is 0. The summed E-state index contributed by atoms with van der Waals surface area (Å²) in [6.45, 7) is 4.96. The predicted molar refractivity (Wildman–Crippen MR) is 73.8 cm³/mol. The Bertz CT molecular complexity index is 497. The maximum absolute atomic E-state index is 11.4. The van der Waals surface area contributed by atoms with Crippen LogP contribution in [0.1, 0.15) is 46.0 Å². The van der Waals surface area contributed by atoms with Crippen molar-refractivity contribution in [3.8, 4) is 0 Å². The van der Waals surface area contributed by atoms with Crippen molar-refractivity contribution in [3.63, 3.8) is 0 Å². The lowest BCUT2D eigenvalue weighted by Gasteiger charge is -2.04. The van der Waals surface area contributed by atoms with Crippen molar-refractivity contribution in [2.75, 3.05) is 0 Å². The first-order valence-electron chi connectivity index (χ1n) is 6.59. The average molecular weight is 250 g/mol. The molecule has 0 fully saturated rings. The molecule has 4 heteroatoms. The van der Waals surface area contributed by atoms with Crippen molar-refractivity contribution in [1.82, 2.24) is 9.55 Å². The van der Waals surface area contributed by atoms with E-state index in [9.17, 15) is 9.59 Å². The first kappa shape index (κ1) is 14.5. The van der Waals surface area contributed by atoms with Gasteiger partial charge in [0.05, 0.1) is 0 Å². The first-order valence-corrected chi connectivity index (χ1v) is 6.59. The van der Waals surface area contributed by atoms with Gasteiger partial charge in [-0.1, -0.05) is 31.4 Å². The Labute approximate surface area is 107 Å². The van der Waals surface area contributed by atoms with Gasteiger partial charge in [-0.3, -0.25) is 9.78 Å². The van der Waals surface area contributed by atoms with E-state index in [0.717, 1.165) is 19.3 Å². The Balaban J connectivity index is 2.39. The van der Waals surface area contributed by atoms with Gasteiger partial charge in [0.2, 0.25) is 0 Å². The van der Waals surface area contributed by atoms with Crippen LogP contribution in [0.5, 0.6) is 0 Å². The SMILES string of the molecule is CCCC/C=C(\C)CCCn1ccc(=O)[nH]c1=O. The molecular formula is C14H22N2O2. The summed E-state index contributed by atoms with van der Waals surface area (Å²) in [6.07, 6.45) is 9.33. The number of H-pyrrole nitrogens is 1. The van der Waals surface area contributed by atoms with Gasteiger partial charge in [0, 0.05) is 18.8 Å². The molecular weight excluding hydrogens is 228 g/mol. The Morgan fingerprint density at radius 1 is 1.39 bits per heavy atom. The lowest BCUT2D eigenvalue weighted by Crippen LogP contribution is -2.28. The lowest BCUT2D eigenvalue weighted by atomic mass is 10.1. The highest BCUT2D eigenvalue weighted by Crippen LogP contribution is 2.07. The monoisotopic (exact) mass is 250 g/mol. The predicted octanol–water partition coefficient (Wildman–Crippen LogP) is 2.45. The summed E-state index contributed by atoms with van der Waals surface area (Å²) >= 11 is 0. The molecule has 1 heterocycles. The standard InChI is InChI=1S/C14H22N2O2/c1-3-4-5-7-12(2)8-6-10-16-11-9-13(17)15-14(16)18/h7,9,11H,3-6,8,10H2,1-2H3,(H,15,17,18)/b12-7+. The molecule has 0 aliphatic carbocycles. The summed E-state index contributed by atoms with van der Waals surface area (Å²) in [6, 6.07) is 1.38. The van der Waals surface area contributed by atoms with E-state index in [0.29, 0.717) is 6.54 Å². The molecule has 1 aromatic rings. The van der Waals surface area contributed by atoms with Gasteiger partial charge in [0.1, 0.15) is 0 Å². The number of allylic oxidation sites excluding steroid dienone is 2. The van der Waals surface area contributed by atoms with Crippen LogP contribution in [0.25, 0.3) is 0 Å². The molecule has 100 valence electrons. The molecule has 18 heavy (non-hydrogen) atoms. The molecule has 0 saturated heterocycles. The third kappa shape index (κ3) is 5.17. The number of rotatable bonds is 7. The summed E-state index contributed by atoms with van der Waals surface area (Å²) in [5.74, 6) is 0. The van der Waals surface area contributed by atoms with Gasteiger partial charge < -0.3 is 4.57 Å². The van der Waals surface area contributed by atoms with Crippen molar-refractivity contribution < 1.29 is 0 Å². The van der Waals surface area contributed by atoms with Crippen LogP contribution >= 0.6 is 0 Å². The summed E-state index contributed by atoms with van der Waals surface area (Å²) in [7, 11) is 0. The van der Waals surface area contributed by atoms with Gasteiger partial charge >= 0.3 is 5.69 Å². The zero-order valence-electron chi connectivity index (χ0n) is 11.2. The summed E-state index contributed by atoms with van der Waals surface area (Å²) < 4.78 is 1.54. The number of aryl methyl sites for hydroxylation is 1. The second-order valence-electron chi connectivity index (χ2n) is 4.60. The minimum Gasteiger partial charge on any atom is -0.301 e. The van der Waals surface area contributed by atoms with E-state index in [2.05, 4.69) is 24.9 Å². The van der Waals surface area contributed by atoms with Crippen LogP contribution in [0.4, 0.5) is 0 Å². The van der Waals surface area contributed by atoms with E-state index in [1.54, 1.807) is 10.8 Å². The first-order chi connectivity index (χ1) is 8.63. The second kappa shape index (κ2) is 7.69. The Kier molecular flexibility index (Phi) is 6.19. The minimum atomic E-state index is -0.341. The molecule has 0 aromatic carbocycles. The zero-order chi connectivity index (χ0) is 13.4. The van der Waals surface area contributed by atoms with Gasteiger partial charge in [-0.25, -0.2) is 4.79 Å². The number of nitrogens with one attached hydrogen (secondary N) is 1. The highest BCUT2D eigenvalue weighted by molar-refractivity contribution is 4.97. The number of hydrogen-bond donors (Lipinski definition) is 1. The number of aromatic nitrogens is 2. The Morgan fingerprint density at radius 3 is 2.83 bits per heavy atom.